The lowest BCUT2D eigenvalue weighted by Crippen LogP contribution is -2.36. The Morgan fingerprint density at radius 3 is 2.88 bits per heavy atom. The smallest absolute Gasteiger partial charge is 0.404 e. The van der Waals surface area contributed by atoms with Crippen LogP contribution in [0.2, 0.25) is 0 Å². The number of benzene rings is 1. The van der Waals surface area contributed by atoms with Gasteiger partial charge in [0.25, 0.3) is 5.91 Å². The molecule has 25 heavy (non-hydrogen) atoms. The molecular weight excluding hydrogens is 324 g/mol. The Balaban J connectivity index is 2.13. The molecule has 0 aliphatic carbocycles. The first kappa shape index (κ1) is 18.5. The number of hydrogen-bond donors (Lipinski definition) is 3. The van der Waals surface area contributed by atoms with Crippen LogP contribution in [-0.4, -0.2) is 47.7 Å². The number of nitrogens with one attached hydrogen (secondary N) is 1. The fourth-order valence-electron chi connectivity index (χ4n) is 2.38. The van der Waals surface area contributed by atoms with Gasteiger partial charge in [-0.25, -0.2) is 14.9 Å². The Bertz CT molecular complexity index is 700. The molecule has 8 heteroatoms. The Labute approximate surface area is 145 Å². The molecule has 1 aliphatic heterocycles. The molecule has 1 aromatic rings. The van der Waals surface area contributed by atoms with Crippen LogP contribution in [0.15, 0.2) is 34.8 Å². The van der Waals surface area contributed by atoms with Crippen molar-refractivity contribution in [1.82, 2.24) is 10.4 Å². The summed E-state index contributed by atoms with van der Waals surface area (Å²) in [6.45, 7) is 2.47. The van der Waals surface area contributed by atoms with Gasteiger partial charge in [0.05, 0.1) is 12.3 Å². The van der Waals surface area contributed by atoms with E-state index in [1.165, 1.54) is 5.06 Å². The summed E-state index contributed by atoms with van der Waals surface area (Å²) in [6.07, 6.45) is 1.56. The van der Waals surface area contributed by atoms with Gasteiger partial charge < -0.3 is 16.2 Å². The lowest BCUT2D eigenvalue weighted by molar-refractivity contribution is -0.181. The number of hydrogen-bond acceptors (Lipinski definition) is 5. The van der Waals surface area contributed by atoms with Crippen LogP contribution in [-0.2, 0) is 9.63 Å². The van der Waals surface area contributed by atoms with Crippen LogP contribution < -0.4 is 11.1 Å². The van der Waals surface area contributed by atoms with Crippen molar-refractivity contribution in [2.45, 2.75) is 19.8 Å². The number of aliphatic imine (C=N–C) groups is 1. The van der Waals surface area contributed by atoms with Gasteiger partial charge in [-0.2, -0.15) is 0 Å². The van der Waals surface area contributed by atoms with E-state index in [9.17, 15) is 9.59 Å². The number of nitrogens with zero attached hydrogens (tertiary/aromatic N) is 2. The topological polar surface area (TPSA) is 117 Å². The molecule has 1 heterocycles. The minimum atomic E-state index is -1.14. The van der Waals surface area contributed by atoms with E-state index in [2.05, 4.69) is 10.3 Å². The first-order chi connectivity index (χ1) is 12.0. The Hall–Kier alpha value is -2.87. The fourth-order valence-corrected chi connectivity index (χ4v) is 2.38. The van der Waals surface area contributed by atoms with Gasteiger partial charge in [-0.3, -0.25) is 9.63 Å². The van der Waals surface area contributed by atoms with E-state index in [0.29, 0.717) is 24.4 Å². The monoisotopic (exact) mass is 346 g/mol. The van der Waals surface area contributed by atoms with Gasteiger partial charge in [-0.05, 0) is 18.6 Å². The third-order valence-corrected chi connectivity index (χ3v) is 3.46. The number of rotatable bonds is 7. The molecule has 0 spiro atoms. The maximum atomic E-state index is 12.8. The number of hydroxylamine groups is 2. The molecule has 1 aliphatic rings. The van der Waals surface area contributed by atoms with Crippen molar-refractivity contribution in [3.63, 3.8) is 0 Å². The quantitative estimate of drug-likeness (QED) is 0.515. The first-order valence-electron chi connectivity index (χ1n) is 8.05. The summed E-state index contributed by atoms with van der Waals surface area (Å²) in [7, 11) is 0. The highest BCUT2D eigenvalue weighted by atomic mass is 16.7. The number of fused-ring (bicyclic) bond motifs is 1. The second kappa shape index (κ2) is 8.84. The molecule has 0 bridgehead atoms. The number of amidine groups is 1. The Morgan fingerprint density at radius 1 is 1.40 bits per heavy atom. The normalized spacial score (nSPS) is 13.2. The molecule has 0 atom stereocenters. The van der Waals surface area contributed by atoms with E-state index in [1.807, 2.05) is 31.2 Å². The summed E-state index contributed by atoms with van der Waals surface area (Å²) in [6, 6.07) is 7.43. The van der Waals surface area contributed by atoms with Crippen LogP contribution in [0, 0.1) is 0 Å². The average Bonchev–Trinajstić information content (AvgIpc) is 2.74. The van der Waals surface area contributed by atoms with Crippen LogP contribution in [0.25, 0.3) is 6.08 Å². The molecule has 0 radical (unpaired) electrons. The largest absolute Gasteiger partial charge is 0.465 e. The van der Waals surface area contributed by atoms with Crippen molar-refractivity contribution in [2.24, 2.45) is 10.7 Å². The van der Waals surface area contributed by atoms with Gasteiger partial charge >= 0.3 is 6.09 Å². The highest BCUT2D eigenvalue weighted by molar-refractivity contribution is 6.05. The predicted octanol–water partition coefficient (Wildman–Crippen LogP) is 1.90. The zero-order valence-corrected chi connectivity index (χ0v) is 14.1. The number of carbonyl (C=O) groups excluding carboxylic acids is 1. The highest BCUT2D eigenvalue weighted by Gasteiger charge is 2.22. The van der Waals surface area contributed by atoms with Crippen molar-refractivity contribution in [3.8, 4) is 0 Å². The van der Waals surface area contributed by atoms with Crippen LogP contribution in [0.5, 0.6) is 0 Å². The summed E-state index contributed by atoms with van der Waals surface area (Å²) >= 11 is 0. The van der Waals surface area contributed by atoms with Gasteiger partial charge in [0.15, 0.2) is 0 Å². The second-order valence-electron chi connectivity index (χ2n) is 5.48. The summed E-state index contributed by atoms with van der Waals surface area (Å²) < 4.78 is 0. The molecule has 8 nitrogen and oxygen atoms in total. The van der Waals surface area contributed by atoms with E-state index in [1.54, 1.807) is 6.08 Å². The lowest BCUT2D eigenvalue weighted by atomic mass is 10.1. The van der Waals surface area contributed by atoms with Crippen molar-refractivity contribution in [2.75, 3.05) is 19.7 Å². The molecule has 134 valence electrons. The van der Waals surface area contributed by atoms with Gasteiger partial charge in [0.2, 0.25) is 0 Å². The molecule has 0 fully saturated rings. The number of para-hydroxylation sites is 1. The van der Waals surface area contributed by atoms with E-state index in [4.69, 9.17) is 15.7 Å². The molecule has 0 saturated carbocycles. The average molecular weight is 346 g/mol. The Kier molecular flexibility index (Phi) is 6.53. The van der Waals surface area contributed by atoms with E-state index in [-0.39, 0.29) is 25.5 Å². The van der Waals surface area contributed by atoms with Crippen molar-refractivity contribution >= 4 is 29.6 Å². The molecule has 0 saturated heterocycles. The summed E-state index contributed by atoms with van der Waals surface area (Å²) in [5.74, 6) is 0.0561. The number of carbonyl (C=O) groups is 2. The molecule has 2 rings (SSSR count). The number of carboxylic acid groups (broad SMARTS) is 1. The summed E-state index contributed by atoms with van der Waals surface area (Å²) in [4.78, 5) is 33.0. The van der Waals surface area contributed by atoms with Gasteiger partial charge in [0, 0.05) is 30.6 Å². The van der Waals surface area contributed by atoms with Crippen molar-refractivity contribution in [1.29, 1.82) is 0 Å². The van der Waals surface area contributed by atoms with Gasteiger partial charge in [-0.1, -0.05) is 25.1 Å². The molecule has 0 aromatic heterocycles. The summed E-state index contributed by atoms with van der Waals surface area (Å²) in [5.41, 5.74) is 7.94. The molecular formula is C17H22N4O4. The van der Waals surface area contributed by atoms with E-state index >= 15 is 0 Å². The minimum absolute atomic E-state index is 0.0610. The van der Waals surface area contributed by atoms with Crippen LogP contribution in [0.4, 0.5) is 10.5 Å². The molecule has 1 aromatic carbocycles. The van der Waals surface area contributed by atoms with Crippen LogP contribution in [0.3, 0.4) is 0 Å². The number of amides is 2. The van der Waals surface area contributed by atoms with Crippen molar-refractivity contribution in [3.05, 3.63) is 35.4 Å². The van der Waals surface area contributed by atoms with Crippen LogP contribution >= 0.6 is 0 Å². The minimum Gasteiger partial charge on any atom is -0.465 e. The predicted molar refractivity (Wildman–Crippen MR) is 94.3 cm³/mol. The van der Waals surface area contributed by atoms with Crippen LogP contribution in [0.1, 0.15) is 25.3 Å². The second-order valence-corrected chi connectivity index (χ2v) is 5.48. The first-order valence-corrected chi connectivity index (χ1v) is 8.05. The maximum absolute atomic E-state index is 12.8. The summed E-state index contributed by atoms with van der Waals surface area (Å²) in [5, 5.41) is 12.0. The van der Waals surface area contributed by atoms with E-state index in [0.717, 1.165) is 11.3 Å². The Morgan fingerprint density at radius 2 is 2.16 bits per heavy atom. The molecule has 4 N–H and O–H groups in total. The zero-order chi connectivity index (χ0) is 18.2. The van der Waals surface area contributed by atoms with Gasteiger partial charge in [-0.15, -0.1) is 0 Å². The zero-order valence-electron chi connectivity index (χ0n) is 14.1. The standard InChI is InChI=1S/C17H22N4O4/c1-2-8-21(25-9-7-19-17(23)24)16(22)13-10-12-5-3-4-6-14(12)20-15(18)11-13/h3-6,10,19H,2,7-9,11H2,1H3,(H2,18,20)(H,23,24). The number of nitrogens with two attached hydrogens (primary N) is 1. The fraction of sp³-hybridized carbons (Fsp3) is 0.353. The maximum Gasteiger partial charge on any atom is 0.404 e. The molecule has 2 amide bonds. The lowest BCUT2D eigenvalue weighted by Gasteiger charge is -2.22. The highest BCUT2D eigenvalue weighted by Crippen LogP contribution is 2.26. The van der Waals surface area contributed by atoms with Crippen molar-refractivity contribution < 1.29 is 19.5 Å². The third kappa shape index (κ3) is 5.32. The van der Waals surface area contributed by atoms with E-state index < -0.39 is 6.09 Å². The van der Waals surface area contributed by atoms with Gasteiger partial charge in [0.1, 0.15) is 5.84 Å². The molecule has 0 unspecified atom stereocenters. The SMILES string of the molecule is CCCN(OCCNC(=O)O)C(=O)C1=Cc2ccccc2N=C(N)C1. The third-order valence-electron chi connectivity index (χ3n) is 3.46.